The Morgan fingerprint density at radius 2 is 1.50 bits per heavy atom. The van der Waals surface area contributed by atoms with Crippen molar-refractivity contribution in [3.8, 4) is 0 Å². The van der Waals surface area contributed by atoms with E-state index < -0.39 is 0 Å². The molecule has 2 heteroatoms. The summed E-state index contributed by atoms with van der Waals surface area (Å²) in [5.41, 5.74) is 0. The van der Waals surface area contributed by atoms with Gasteiger partial charge in [0.15, 0.2) is 0 Å². The number of hydrogen-bond acceptors (Lipinski definition) is 2. The van der Waals surface area contributed by atoms with Crippen molar-refractivity contribution in [3.05, 3.63) is 12.2 Å². The van der Waals surface area contributed by atoms with Crippen LogP contribution < -0.4 is 0 Å². The van der Waals surface area contributed by atoms with Gasteiger partial charge in [-0.1, -0.05) is 12.2 Å². The summed E-state index contributed by atoms with van der Waals surface area (Å²) in [6.45, 7) is 0.518. The van der Waals surface area contributed by atoms with Gasteiger partial charge in [0.05, 0.1) is 0 Å². The van der Waals surface area contributed by atoms with Crippen molar-refractivity contribution < 1.29 is 10.2 Å². The second kappa shape index (κ2) is 8.66. The second-order valence-electron chi connectivity index (χ2n) is 2.20. The van der Waals surface area contributed by atoms with Crippen LogP contribution in [-0.2, 0) is 0 Å². The molecule has 2 nitrogen and oxygen atoms in total. The highest BCUT2D eigenvalue weighted by atomic mass is 16.3. The molecular weight excluding hydrogens is 128 g/mol. The van der Waals surface area contributed by atoms with Crippen LogP contribution in [0.4, 0.5) is 0 Å². The van der Waals surface area contributed by atoms with E-state index in [2.05, 4.69) is 0 Å². The van der Waals surface area contributed by atoms with E-state index in [4.69, 9.17) is 10.2 Å². The van der Waals surface area contributed by atoms with Gasteiger partial charge in [0.25, 0.3) is 0 Å². The first-order valence-electron chi connectivity index (χ1n) is 3.78. The van der Waals surface area contributed by atoms with E-state index in [0.29, 0.717) is 0 Å². The summed E-state index contributed by atoms with van der Waals surface area (Å²) in [5, 5.41) is 16.8. The van der Waals surface area contributed by atoms with Crippen LogP contribution in [0, 0.1) is 0 Å². The predicted octanol–water partition coefficient (Wildman–Crippen LogP) is 1.09. The molecule has 0 bridgehead atoms. The lowest BCUT2D eigenvalue weighted by Crippen LogP contribution is -1.80. The standard InChI is InChI=1S/C8H16O2/c9-7-5-3-1-2-4-6-8-10/h1,3,9-10H,2,4-8H2. The lowest BCUT2D eigenvalue weighted by Gasteiger charge is -1.90. The van der Waals surface area contributed by atoms with E-state index in [0.717, 1.165) is 25.7 Å². The fraction of sp³-hybridized carbons (Fsp3) is 0.750. The van der Waals surface area contributed by atoms with Crippen LogP contribution in [0.2, 0.25) is 0 Å². The van der Waals surface area contributed by atoms with Crippen LogP contribution in [0.25, 0.3) is 0 Å². The maximum atomic E-state index is 8.40. The first kappa shape index (κ1) is 9.66. The lowest BCUT2D eigenvalue weighted by atomic mass is 10.2. The predicted molar refractivity (Wildman–Crippen MR) is 41.8 cm³/mol. The molecule has 0 aromatic rings. The summed E-state index contributed by atoms with van der Waals surface area (Å²) in [7, 11) is 0. The molecule has 0 unspecified atom stereocenters. The van der Waals surface area contributed by atoms with Gasteiger partial charge in [-0.3, -0.25) is 0 Å². The van der Waals surface area contributed by atoms with E-state index in [-0.39, 0.29) is 13.2 Å². The summed E-state index contributed by atoms with van der Waals surface area (Å²) >= 11 is 0. The molecule has 0 aromatic carbocycles. The lowest BCUT2D eigenvalue weighted by molar-refractivity contribution is 0.285. The SMILES string of the molecule is OCCC=CCCCCO. The van der Waals surface area contributed by atoms with Crippen LogP contribution in [0.3, 0.4) is 0 Å². The highest BCUT2D eigenvalue weighted by Gasteiger charge is 1.81. The van der Waals surface area contributed by atoms with Crippen molar-refractivity contribution in [1.82, 2.24) is 0 Å². The highest BCUT2D eigenvalue weighted by Crippen LogP contribution is 1.95. The minimum Gasteiger partial charge on any atom is -0.396 e. The molecule has 60 valence electrons. The molecule has 0 aliphatic carbocycles. The molecule has 0 heterocycles. The molecule has 0 saturated carbocycles. The van der Waals surface area contributed by atoms with Gasteiger partial charge in [-0.05, 0) is 25.7 Å². The van der Waals surface area contributed by atoms with Gasteiger partial charge < -0.3 is 10.2 Å². The molecule has 0 spiro atoms. The number of aliphatic hydroxyl groups excluding tert-OH is 2. The molecular formula is C8H16O2. The largest absolute Gasteiger partial charge is 0.396 e. The molecule has 0 aliphatic rings. The molecule has 0 rings (SSSR count). The Morgan fingerprint density at radius 3 is 2.10 bits per heavy atom. The van der Waals surface area contributed by atoms with Crippen LogP contribution in [-0.4, -0.2) is 23.4 Å². The number of rotatable bonds is 6. The molecule has 0 fully saturated rings. The number of allylic oxidation sites excluding steroid dienone is 1. The van der Waals surface area contributed by atoms with Crippen molar-refractivity contribution in [3.63, 3.8) is 0 Å². The van der Waals surface area contributed by atoms with Gasteiger partial charge in [-0.2, -0.15) is 0 Å². The third kappa shape index (κ3) is 7.66. The fourth-order valence-corrected chi connectivity index (χ4v) is 0.684. The van der Waals surface area contributed by atoms with Gasteiger partial charge in [0.2, 0.25) is 0 Å². The molecule has 0 saturated heterocycles. The van der Waals surface area contributed by atoms with E-state index in [1.165, 1.54) is 0 Å². The third-order valence-corrected chi connectivity index (χ3v) is 1.24. The zero-order valence-corrected chi connectivity index (χ0v) is 6.29. The van der Waals surface area contributed by atoms with Crippen molar-refractivity contribution in [2.24, 2.45) is 0 Å². The van der Waals surface area contributed by atoms with Gasteiger partial charge in [0, 0.05) is 13.2 Å². The number of aliphatic hydroxyl groups is 2. The summed E-state index contributed by atoms with van der Waals surface area (Å²) in [6, 6.07) is 0. The van der Waals surface area contributed by atoms with Crippen molar-refractivity contribution >= 4 is 0 Å². The van der Waals surface area contributed by atoms with Gasteiger partial charge >= 0.3 is 0 Å². The molecule has 0 atom stereocenters. The Hall–Kier alpha value is -0.340. The maximum Gasteiger partial charge on any atom is 0.0465 e. The third-order valence-electron chi connectivity index (χ3n) is 1.24. The molecule has 2 N–H and O–H groups in total. The zero-order chi connectivity index (χ0) is 7.66. The summed E-state index contributed by atoms with van der Waals surface area (Å²) in [6.07, 6.45) is 7.70. The quantitative estimate of drug-likeness (QED) is 0.432. The van der Waals surface area contributed by atoms with E-state index in [1.807, 2.05) is 12.2 Å². The van der Waals surface area contributed by atoms with Gasteiger partial charge in [-0.15, -0.1) is 0 Å². The average Bonchev–Trinajstić information content (AvgIpc) is 1.97. The van der Waals surface area contributed by atoms with Gasteiger partial charge in [-0.25, -0.2) is 0 Å². The average molecular weight is 144 g/mol. The van der Waals surface area contributed by atoms with E-state index in [1.54, 1.807) is 0 Å². The molecule has 0 aliphatic heterocycles. The van der Waals surface area contributed by atoms with Crippen LogP contribution in [0.5, 0.6) is 0 Å². The summed E-state index contributed by atoms with van der Waals surface area (Å²) in [5.74, 6) is 0. The Labute approximate surface area is 62.2 Å². The van der Waals surface area contributed by atoms with Crippen molar-refractivity contribution in [1.29, 1.82) is 0 Å². The highest BCUT2D eigenvalue weighted by molar-refractivity contribution is 4.80. The van der Waals surface area contributed by atoms with Crippen LogP contribution in [0.1, 0.15) is 25.7 Å². The topological polar surface area (TPSA) is 40.5 Å². The molecule has 0 aromatic heterocycles. The first-order valence-corrected chi connectivity index (χ1v) is 3.78. The van der Waals surface area contributed by atoms with E-state index >= 15 is 0 Å². The van der Waals surface area contributed by atoms with Crippen LogP contribution in [0.15, 0.2) is 12.2 Å². The summed E-state index contributed by atoms with van der Waals surface area (Å²) < 4.78 is 0. The van der Waals surface area contributed by atoms with E-state index in [9.17, 15) is 0 Å². The molecule has 0 amide bonds. The summed E-state index contributed by atoms with van der Waals surface area (Å²) in [4.78, 5) is 0. The van der Waals surface area contributed by atoms with Crippen LogP contribution >= 0.6 is 0 Å². The van der Waals surface area contributed by atoms with Gasteiger partial charge in [0.1, 0.15) is 0 Å². The Morgan fingerprint density at radius 1 is 0.800 bits per heavy atom. The Balaban J connectivity index is 2.88. The minimum atomic E-state index is 0.233. The van der Waals surface area contributed by atoms with Crippen molar-refractivity contribution in [2.45, 2.75) is 25.7 Å². The smallest absolute Gasteiger partial charge is 0.0465 e. The molecule has 10 heavy (non-hydrogen) atoms. The maximum absolute atomic E-state index is 8.40. The monoisotopic (exact) mass is 144 g/mol. The number of hydrogen-bond donors (Lipinski definition) is 2. The number of unbranched alkanes of at least 4 members (excludes halogenated alkanes) is 2. The molecule has 0 radical (unpaired) electrons. The minimum absolute atomic E-state index is 0.233. The fourth-order valence-electron chi connectivity index (χ4n) is 0.684. The normalized spacial score (nSPS) is 11.0. The Bertz CT molecular complexity index is 79.3. The Kier molecular flexibility index (Phi) is 8.37. The second-order valence-corrected chi connectivity index (χ2v) is 2.20. The first-order chi connectivity index (χ1) is 4.91. The van der Waals surface area contributed by atoms with Crippen molar-refractivity contribution in [2.75, 3.05) is 13.2 Å². The zero-order valence-electron chi connectivity index (χ0n) is 6.29.